The third-order valence-electron chi connectivity index (χ3n) is 5.89. The largest absolute Gasteiger partial charge is 0.378 e. The molecule has 3 rings (SSSR count). The van der Waals surface area contributed by atoms with E-state index in [9.17, 15) is 0 Å². The van der Waals surface area contributed by atoms with Crippen LogP contribution in [0.15, 0.2) is 0 Å². The van der Waals surface area contributed by atoms with E-state index in [1.807, 2.05) is 0 Å². The van der Waals surface area contributed by atoms with Crippen LogP contribution in [0, 0.1) is 17.8 Å². The molecule has 0 aromatic heterocycles. The zero-order chi connectivity index (χ0) is 13.6. The van der Waals surface area contributed by atoms with Crippen LogP contribution < -0.4 is 5.32 Å². The molecule has 0 aromatic carbocycles. The second kappa shape index (κ2) is 5.01. The van der Waals surface area contributed by atoms with Crippen LogP contribution in [0.3, 0.4) is 0 Å². The van der Waals surface area contributed by atoms with Crippen molar-refractivity contribution < 1.29 is 4.74 Å². The Bertz CT molecular complexity index is 329. The van der Waals surface area contributed by atoms with Crippen molar-refractivity contribution in [2.45, 2.75) is 58.2 Å². The highest BCUT2D eigenvalue weighted by atomic mass is 16.5. The molecular formula is C16H30N2O. The molecule has 0 saturated carbocycles. The number of hydrogen-bond acceptors (Lipinski definition) is 3. The van der Waals surface area contributed by atoms with E-state index >= 15 is 0 Å². The maximum atomic E-state index is 5.95. The summed E-state index contributed by atoms with van der Waals surface area (Å²) in [6.07, 6.45) is 2.92. The van der Waals surface area contributed by atoms with Crippen LogP contribution in [0.4, 0.5) is 0 Å². The Morgan fingerprint density at radius 1 is 1.26 bits per heavy atom. The van der Waals surface area contributed by atoms with Crippen LogP contribution in [0.2, 0.25) is 0 Å². The predicted octanol–water partition coefficient (Wildman–Crippen LogP) is 2.12. The predicted molar refractivity (Wildman–Crippen MR) is 78.2 cm³/mol. The first-order valence-corrected chi connectivity index (χ1v) is 8.09. The average molecular weight is 266 g/mol. The monoisotopic (exact) mass is 266 g/mol. The van der Waals surface area contributed by atoms with Crippen LogP contribution in [-0.2, 0) is 4.74 Å². The molecule has 0 amide bonds. The summed E-state index contributed by atoms with van der Waals surface area (Å²) in [5.41, 5.74) is 0.359. The Labute approximate surface area is 118 Å². The summed E-state index contributed by atoms with van der Waals surface area (Å²) >= 11 is 0. The topological polar surface area (TPSA) is 24.5 Å². The second-order valence-corrected chi connectivity index (χ2v) is 7.66. The van der Waals surface area contributed by atoms with Crippen molar-refractivity contribution >= 4 is 0 Å². The van der Waals surface area contributed by atoms with Gasteiger partial charge in [-0.2, -0.15) is 0 Å². The van der Waals surface area contributed by atoms with Gasteiger partial charge >= 0.3 is 0 Å². The number of nitrogens with zero attached hydrogens (tertiary/aromatic N) is 1. The van der Waals surface area contributed by atoms with Crippen molar-refractivity contribution in [3.05, 3.63) is 0 Å². The SMILES string of the molecule is CC(C)C1CC(N2CC3CNCC3C2(C)C)CCO1. The Morgan fingerprint density at radius 3 is 2.74 bits per heavy atom. The fourth-order valence-electron chi connectivity index (χ4n) is 4.63. The third-order valence-corrected chi connectivity index (χ3v) is 5.89. The number of hydrogen-bond donors (Lipinski definition) is 1. The van der Waals surface area contributed by atoms with Gasteiger partial charge in [0.1, 0.15) is 0 Å². The van der Waals surface area contributed by atoms with Crippen molar-refractivity contribution in [2.75, 3.05) is 26.2 Å². The number of nitrogens with one attached hydrogen (secondary N) is 1. The summed E-state index contributed by atoms with van der Waals surface area (Å²) in [5, 5.41) is 3.58. The Balaban J connectivity index is 1.72. The van der Waals surface area contributed by atoms with E-state index in [1.165, 1.54) is 32.5 Å². The van der Waals surface area contributed by atoms with E-state index in [4.69, 9.17) is 4.74 Å². The lowest BCUT2D eigenvalue weighted by Gasteiger charge is -2.44. The zero-order valence-electron chi connectivity index (χ0n) is 13.0. The van der Waals surface area contributed by atoms with Gasteiger partial charge in [0, 0.05) is 31.3 Å². The maximum absolute atomic E-state index is 5.95. The summed E-state index contributed by atoms with van der Waals surface area (Å²) < 4.78 is 5.95. The molecule has 3 saturated heterocycles. The molecule has 4 unspecified atom stereocenters. The minimum absolute atomic E-state index is 0.359. The molecule has 19 heavy (non-hydrogen) atoms. The van der Waals surface area contributed by atoms with Crippen molar-refractivity contribution in [2.24, 2.45) is 17.8 Å². The van der Waals surface area contributed by atoms with E-state index in [2.05, 4.69) is 37.9 Å². The highest BCUT2D eigenvalue weighted by molar-refractivity contribution is 5.06. The van der Waals surface area contributed by atoms with Crippen LogP contribution in [-0.4, -0.2) is 48.8 Å². The first kappa shape index (κ1) is 13.8. The normalized spacial score (nSPS) is 42.8. The van der Waals surface area contributed by atoms with Crippen molar-refractivity contribution in [3.63, 3.8) is 0 Å². The molecule has 110 valence electrons. The molecule has 3 aliphatic rings. The molecule has 0 aliphatic carbocycles. The van der Waals surface area contributed by atoms with E-state index in [-0.39, 0.29) is 0 Å². The lowest BCUT2D eigenvalue weighted by Crippen LogP contribution is -2.52. The van der Waals surface area contributed by atoms with Crippen molar-refractivity contribution in [1.29, 1.82) is 0 Å². The summed E-state index contributed by atoms with van der Waals surface area (Å²) in [6, 6.07) is 0.738. The fraction of sp³-hybridized carbons (Fsp3) is 1.00. The van der Waals surface area contributed by atoms with E-state index in [0.717, 1.165) is 24.5 Å². The smallest absolute Gasteiger partial charge is 0.0612 e. The van der Waals surface area contributed by atoms with Crippen molar-refractivity contribution in [3.8, 4) is 0 Å². The molecule has 3 fully saturated rings. The average Bonchev–Trinajstić information content (AvgIpc) is 2.92. The first-order chi connectivity index (χ1) is 9.00. The summed E-state index contributed by atoms with van der Waals surface area (Å²) in [5.74, 6) is 2.36. The van der Waals surface area contributed by atoms with Crippen LogP contribution >= 0.6 is 0 Å². The highest BCUT2D eigenvalue weighted by Gasteiger charge is 2.51. The van der Waals surface area contributed by atoms with Gasteiger partial charge in [-0.15, -0.1) is 0 Å². The molecule has 3 aliphatic heterocycles. The van der Waals surface area contributed by atoms with E-state index in [0.29, 0.717) is 17.6 Å². The van der Waals surface area contributed by atoms with Gasteiger partial charge in [-0.3, -0.25) is 4.90 Å². The van der Waals surface area contributed by atoms with Gasteiger partial charge in [0.2, 0.25) is 0 Å². The molecule has 4 atom stereocenters. The van der Waals surface area contributed by atoms with E-state index < -0.39 is 0 Å². The van der Waals surface area contributed by atoms with Gasteiger partial charge in [0.25, 0.3) is 0 Å². The Morgan fingerprint density at radius 2 is 2.05 bits per heavy atom. The molecule has 1 N–H and O–H groups in total. The number of rotatable bonds is 2. The molecule has 3 nitrogen and oxygen atoms in total. The van der Waals surface area contributed by atoms with Gasteiger partial charge in [-0.05, 0) is 51.0 Å². The van der Waals surface area contributed by atoms with Gasteiger partial charge < -0.3 is 10.1 Å². The molecule has 0 bridgehead atoms. The van der Waals surface area contributed by atoms with Crippen LogP contribution in [0.5, 0.6) is 0 Å². The van der Waals surface area contributed by atoms with Crippen LogP contribution in [0.1, 0.15) is 40.5 Å². The number of fused-ring (bicyclic) bond motifs is 1. The molecule has 3 heterocycles. The van der Waals surface area contributed by atoms with Gasteiger partial charge in [-0.25, -0.2) is 0 Å². The second-order valence-electron chi connectivity index (χ2n) is 7.66. The molecular weight excluding hydrogens is 236 g/mol. The molecule has 3 heteroatoms. The zero-order valence-corrected chi connectivity index (χ0v) is 13.0. The molecule has 0 spiro atoms. The highest BCUT2D eigenvalue weighted by Crippen LogP contribution is 2.43. The van der Waals surface area contributed by atoms with Gasteiger partial charge in [0.05, 0.1) is 6.10 Å². The summed E-state index contributed by atoms with van der Waals surface area (Å²) in [4.78, 5) is 2.82. The standard InChI is InChI=1S/C16H30N2O/c1-11(2)15-7-13(5-6-19-15)18-10-12-8-17-9-14(12)16(18,3)4/h11-15,17H,5-10H2,1-4H3. The minimum Gasteiger partial charge on any atom is -0.378 e. The Kier molecular flexibility index (Phi) is 3.65. The summed E-state index contributed by atoms with van der Waals surface area (Å²) in [7, 11) is 0. The van der Waals surface area contributed by atoms with Gasteiger partial charge in [-0.1, -0.05) is 13.8 Å². The number of ether oxygens (including phenoxy) is 1. The summed E-state index contributed by atoms with van der Waals surface area (Å²) in [6.45, 7) is 14.2. The Hall–Kier alpha value is -0.120. The molecule has 0 aromatic rings. The maximum Gasteiger partial charge on any atom is 0.0612 e. The molecule has 0 radical (unpaired) electrons. The van der Waals surface area contributed by atoms with Crippen molar-refractivity contribution in [1.82, 2.24) is 10.2 Å². The third kappa shape index (κ3) is 2.34. The first-order valence-electron chi connectivity index (χ1n) is 8.09. The lowest BCUT2D eigenvalue weighted by molar-refractivity contribution is -0.0623. The van der Waals surface area contributed by atoms with Gasteiger partial charge in [0.15, 0.2) is 0 Å². The number of likely N-dealkylation sites (tertiary alicyclic amines) is 1. The minimum atomic E-state index is 0.359. The fourth-order valence-corrected chi connectivity index (χ4v) is 4.63. The lowest BCUT2D eigenvalue weighted by atomic mass is 9.83. The van der Waals surface area contributed by atoms with Crippen LogP contribution in [0.25, 0.3) is 0 Å². The van der Waals surface area contributed by atoms with E-state index in [1.54, 1.807) is 0 Å². The quantitative estimate of drug-likeness (QED) is 0.828.